The molecule has 0 spiro atoms. The Hall–Kier alpha value is -0.0600. The molecule has 1 unspecified atom stereocenters. The highest BCUT2D eigenvalue weighted by Gasteiger charge is 1.92. The van der Waals surface area contributed by atoms with E-state index in [4.69, 9.17) is 0 Å². The van der Waals surface area contributed by atoms with Gasteiger partial charge >= 0.3 is 0 Å². The largest absolute Gasteiger partial charge is 0.147 e. The van der Waals surface area contributed by atoms with E-state index in [2.05, 4.69) is 37.3 Å². The van der Waals surface area contributed by atoms with Crippen LogP contribution >= 0.6 is 21.0 Å². The molecule has 1 rings (SSSR count). The summed E-state index contributed by atoms with van der Waals surface area (Å²) in [5.74, 6) is 0. The summed E-state index contributed by atoms with van der Waals surface area (Å²) in [6.45, 7) is 2.27. The first-order chi connectivity index (χ1) is 7.43. The van der Waals surface area contributed by atoms with Crippen LogP contribution in [0.1, 0.15) is 45.4 Å². The fraction of sp³-hybridized carbons (Fsp3) is 0.571. The Kier molecular flexibility index (Phi) is 11.4. The van der Waals surface area contributed by atoms with Crippen molar-refractivity contribution in [1.29, 1.82) is 0 Å². The Morgan fingerprint density at radius 3 is 2.19 bits per heavy atom. The molecule has 0 heterocycles. The molecule has 0 N–H and O–H groups in total. The summed E-state index contributed by atoms with van der Waals surface area (Å²) in [6, 6.07) is 10.9. The fourth-order valence-corrected chi connectivity index (χ4v) is 2.84. The molecule has 0 saturated carbocycles. The summed E-state index contributed by atoms with van der Waals surface area (Å²) in [6.07, 6.45) is 9.87. The molecule has 0 bridgehead atoms. The van der Waals surface area contributed by atoms with Gasteiger partial charge in [0, 0.05) is 0 Å². The molecule has 0 aliphatic carbocycles. The maximum absolute atomic E-state index is 2.27. The van der Waals surface area contributed by atoms with Crippen molar-refractivity contribution >= 4 is 26.3 Å². The van der Waals surface area contributed by atoms with E-state index < -0.39 is 0 Å². The zero-order chi connectivity index (χ0) is 10.8. The Bertz CT molecular complexity index is 236. The minimum absolute atomic E-state index is 0. The van der Waals surface area contributed by atoms with Crippen LogP contribution in [0.4, 0.5) is 0 Å². The minimum Gasteiger partial charge on any atom is -0.147 e. The molecule has 0 saturated heterocycles. The first kappa shape index (κ1) is 15.9. The van der Waals surface area contributed by atoms with Crippen LogP contribution in [0.2, 0.25) is 0 Å². The molecule has 92 valence electrons. The normalized spacial score (nSPS) is 10.6. The summed E-state index contributed by atoms with van der Waals surface area (Å²) in [7, 11) is 1.02. The van der Waals surface area contributed by atoms with Gasteiger partial charge in [0.05, 0.1) is 0 Å². The van der Waals surface area contributed by atoms with Crippen LogP contribution in [-0.4, -0.2) is 6.16 Å². The first-order valence-electron chi connectivity index (χ1n) is 6.22. The number of benzene rings is 1. The Balaban J connectivity index is 0.00000225. The number of halogens is 1. The quantitative estimate of drug-likeness (QED) is 0.465. The van der Waals surface area contributed by atoms with Crippen LogP contribution in [0.5, 0.6) is 0 Å². The third-order valence-electron chi connectivity index (χ3n) is 2.63. The summed E-state index contributed by atoms with van der Waals surface area (Å²) in [5, 5.41) is 1.52. The van der Waals surface area contributed by atoms with Crippen molar-refractivity contribution in [2.24, 2.45) is 0 Å². The number of rotatable bonds is 8. The van der Waals surface area contributed by atoms with Crippen LogP contribution in [0, 0.1) is 0 Å². The standard InChI is InChI=1S/C14H23P.ClH/c1-2-3-4-5-6-10-13-15-14-11-8-7-9-12-14;/h7-9,11-12,15H,2-6,10,13H2,1H3;1H. The van der Waals surface area contributed by atoms with E-state index in [0.29, 0.717) is 0 Å². The van der Waals surface area contributed by atoms with Gasteiger partial charge in [-0.3, -0.25) is 0 Å². The van der Waals surface area contributed by atoms with Gasteiger partial charge in [0.2, 0.25) is 0 Å². The number of unbranched alkanes of at least 4 members (excludes halogenated alkanes) is 5. The molecule has 0 aromatic heterocycles. The van der Waals surface area contributed by atoms with Crippen LogP contribution in [0.15, 0.2) is 30.3 Å². The van der Waals surface area contributed by atoms with Crippen molar-refractivity contribution < 1.29 is 0 Å². The van der Waals surface area contributed by atoms with Crippen molar-refractivity contribution in [2.45, 2.75) is 45.4 Å². The zero-order valence-corrected chi connectivity index (χ0v) is 12.1. The summed E-state index contributed by atoms with van der Waals surface area (Å²) >= 11 is 0. The smallest absolute Gasteiger partial charge is 0.0271 e. The van der Waals surface area contributed by atoms with Crippen LogP contribution < -0.4 is 5.30 Å². The number of hydrogen-bond acceptors (Lipinski definition) is 0. The Labute approximate surface area is 108 Å². The number of hydrogen-bond donors (Lipinski definition) is 0. The van der Waals surface area contributed by atoms with E-state index in [-0.39, 0.29) is 12.4 Å². The predicted octanol–water partition coefficient (Wildman–Crippen LogP) is 4.77. The second-order valence-corrected chi connectivity index (χ2v) is 5.49. The highest BCUT2D eigenvalue weighted by atomic mass is 35.5. The zero-order valence-electron chi connectivity index (χ0n) is 10.2. The summed E-state index contributed by atoms with van der Waals surface area (Å²) < 4.78 is 0. The second kappa shape index (κ2) is 11.4. The van der Waals surface area contributed by atoms with Gasteiger partial charge in [-0.1, -0.05) is 77.9 Å². The van der Waals surface area contributed by atoms with E-state index in [9.17, 15) is 0 Å². The average Bonchev–Trinajstić information content (AvgIpc) is 2.29. The highest BCUT2D eigenvalue weighted by Crippen LogP contribution is 2.14. The molecule has 2 heteroatoms. The van der Waals surface area contributed by atoms with Gasteiger partial charge in [-0.25, -0.2) is 0 Å². The van der Waals surface area contributed by atoms with Crippen molar-refractivity contribution in [2.75, 3.05) is 6.16 Å². The topological polar surface area (TPSA) is 0 Å². The Morgan fingerprint density at radius 1 is 0.875 bits per heavy atom. The van der Waals surface area contributed by atoms with E-state index in [1.54, 1.807) is 0 Å². The van der Waals surface area contributed by atoms with E-state index in [1.165, 1.54) is 50.0 Å². The van der Waals surface area contributed by atoms with Gasteiger partial charge < -0.3 is 0 Å². The lowest BCUT2D eigenvalue weighted by atomic mass is 10.1. The van der Waals surface area contributed by atoms with Crippen LogP contribution in [-0.2, 0) is 0 Å². The molecule has 0 nitrogen and oxygen atoms in total. The highest BCUT2D eigenvalue weighted by molar-refractivity contribution is 7.47. The van der Waals surface area contributed by atoms with Crippen molar-refractivity contribution in [3.8, 4) is 0 Å². The molecule has 1 atom stereocenters. The lowest BCUT2D eigenvalue weighted by Crippen LogP contribution is -1.93. The molecule has 0 amide bonds. The summed E-state index contributed by atoms with van der Waals surface area (Å²) in [5.41, 5.74) is 0. The molecule has 0 aliphatic heterocycles. The molecule has 0 aliphatic rings. The van der Waals surface area contributed by atoms with Gasteiger partial charge in [0.1, 0.15) is 0 Å². The molecule has 16 heavy (non-hydrogen) atoms. The van der Waals surface area contributed by atoms with Gasteiger partial charge in [0.25, 0.3) is 0 Å². The maximum Gasteiger partial charge on any atom is -0.0271 e. The molecule has 1 aromatic rings. The Morgan fingerprint density at radius 2 is 1.50 bits per heavy atom. The third-order valence-corrected chi connectivity index (χ3v) is 3.98. The molecular formula is C14H24ClP. The van der Waals surface area contributed by atoms with Crippen molar-refractivity contribution in [3.05, 3.63) is 30.3 Å². The van der Waals surface area contributed by atoms with Gasteiger partial charge in [-0.15, -0.1) is 12.4 Å². The molecule has 0 fully saturated rings. The fourth-order valence-electron chi connectivity index (χ4n) is 1.69. The predicted molar refractivity (Wildman–Crippen MR) is 79.9 cm³/mol. The first-order valence-corrected chi connectivity index (χ1v) is 7.43. The maximum atomic E-state index is 2.27. The minimum atomic E-state index is 0. The van der Waals surface area contributed by atoms with Gasteiger partial charge in [-0.05, 0) is 17.9 Å². The van der Waals surface area contributed by atoms with Crippen molar-refractivity contribution in [1.82, 2.24) is 0 Å². The van der Waals surface area contributed by atoms with E-state index >= 15 is 0 Å². The van der Waals surface area contributed by atoms with Gasteiger partial charge in [-0.2, -0.15) is 0 Å². The van der Waals surface area contributed by atoms with E-state index in [1.807, 2.05) is 0 Å². The monoisotopic (exact) mass is 258 g/mol. The average molecular weight is 259 g/mol. The lowest BCUT2D eigenvalue weighted by molar-refractivity contribution is 0.626. The van der Waals surface area contributed by atoms with Gasteiger partial charge in [0.15, 0.2) is 0 Å². The molecule has 1 aromatic carbocycles. The summed E-state index contributed by atoms with van der Waals surface area (Å²) in [4.78, 5) is 0. The van der Waals surface area contributed by atoms with Crippen molar-refractivity contribution in [3.63, 3.8) is 0 Å². The molecule has 0 radical (unpaired) electrons. The SMILES string of the molecule is CCCCCCCCPc1ccccc1.Cl. The van der Waals surface area contributed by atoms with Crippen LogP contribution in [0.25, 0.3) is 0 Å². The van der Waals surface area contributed by atoms with E-state index in [0.717, 1.165) is 8.58 Å². The lowest BCUT2D eigenvalue weighted by Gasteiger charge is -2.02. The molecular weight excluding hydrogens is 235 g/mol. The second-order valence-electron chi connectivity index (χ2n) is 4.06. The third kappa shape index (κ3) is 8.13. The van der Waals surface area contributed by atoms with Crippen LogP contribution in [0.3, 0.4) is 0 Å².